The van der Waals surface area contributed by atoms with Gasteiger partial charge < -0.3 is 13.9 Å². The Morgan fingerprint density at radius 3 is 2.62 bits per heavy atom. The summed E-state index contributed by atoms with van der Waals surface area (Å²) in [7, 11) is 3.10. The van der Waals surface area contributed by atoms with Gasteiger partial charge in [-0.3, -0.25) is 4.79 Å². The topological polar surface area (TPSA) is 82.6 Å². The lowest BCUT2D eigenvalue weighted by Crippen LogP contribution is -2.45. The maximum absolute atomic E-state index is 13.2. The maximum Gasteiger partial charge on any atom is 0.273 e. The van der Waals surface area contributed by atoms with Gasteiger partial charge in [-0.15, -0.1) is 10.2 Å². The van der Waals surface area contributed by atoms with E-state index >= 15 is 0 Å². The summed E-state index contributed by atoms with van der Waals surface area (Å²) in [5.74, 6) is 2.66. The fraction of sp³-hybridized carbons (Fsp3) is 0.235. The highest BCUT2D eigenvalue weighted by molar-refractivity contribution is 7.99. The smallest absolute Gasteiger partial charge is 0.273 e. The monoisotopic (exact) mass is 372 g/mol. The largest absolute Gasteiger partial charge is 0.497 e. The number of thioether (sulfide) groups is 1. The molecule has 0 bridgehead atoms. The van der Waals surface area contributed by atoms with Crippen LogP contribution in [-0.2, 0) is 0 Å². The van der Waals surface area contributed by atoms with E-state index in [1.165, 1.54) is 0 Å². The van der Waals surface area contributed by atoms with Crippen molar-refractivity contribution in [3.8, 4) is 23.1 Å². The number of benzene rings is 1. The quantitative estimate of drug-likeness (QED) is 0.695. The molecule has 4 rings (SSSR count). The Bertz CT molecular complexity index is 916. The summed E-state index contributed by atoms with van der Waals surface area (Å²) in [6.07, 6.45) is 1.56. The highest BCUT2D eigenvalue weighted by Gasteiger charge is 2.30. The van der Waals surface area contributed by atoms with Crippen molar-refractivity contribution in [2.24, 2.45) is 0 Å². The van der Waals surface area contributed by atoms with Crippen molar-refractivity contribution in [2.75, 3.05) is 31.5 Å². The number of furan rings is 1. The zero-order chi connectivity index (χ0) is 18.1. The van der Waals surface area contributed by atoms with Crippen LogP contribution in [0, 0.1) is 0 Å². The minimum atomic E-state index is -0.198. The van der Waals surface area contributed by atoms with Crippen LogP contribution < -0.4 is 14.5 Å². The first-order valence-electron chi connectivity index (χ1n) is 7.88. The molecule has 134 valence electrons. The van der Waals surface area contributed by atoms with Crippen LogP contribution >= 0.6 is 11.8 Å². The van der Waals surface area contributed by atoms with Crippen LogP contribution in [-0.4, -0.2) is 47.3 Å². The van der Waals surface area contributed by atoms with Crippen molar-refractivity contribution in [3.05, 3.63) is 42.2 Å². The third-order valence-electron chi connectivity index (χ3n) is 3.96. The van der Waals surface area contributed by atoms with E-state index in [0.717, 1.165) is 5.75 Å². The molecule has 1 aliphatic heterocycles. The molecule has 0 saturated carbocycles. The molecule has 0 radical (unpaired) electrons. The number of hydrogen-bond donors (Lipinski definition) is 0. The third kappa shape index (κ3) is 2.80. The summed E-state index contributed by atoms with van der Waals surface area (Å²) in [5, 5.41) is 10.6. The molecule has 3 heterocycles. The van der Waals surface area contributed by atoms with Gasteiger partial charge in [-0.1, -0.05) is 11.8 Å². The van der Waals surface area contributed by atoms with E-state index in [4.69, 9.17) is 13.9 Å². The summed E-state index contributed by atoms with van der Waals surface area (Å²) in [4.78, 5) is 13.2. The average molecular weight is 372 g/mol. The lowest BCUT2D eigenvalue weighted by Gasteiger charge is -2.29. The van der Waals surface area contributed by atoms with Gasteiger partial charge in [0.25, 0.3) is 5.91 Å². The van der Waals surface area contributed by atoms with Gasteiger partial charge in [-0.2, -0.15) is 0 Å². The van der Waals surface area contributed by atoms with Crippen LogP contribution in [0.1, 0.15) is 10.4 Å². The number of hydrogen-bond acceptors (Lipinski definition) is 7. The molecule has 0 aliphatic carbocycles. The van der Waals surface area contributed by atoms with Gasteiger partial charge in [-0.25, -0.2) is 9.69 Å². The van der Waals surface area contributed by atoms with Crippen molar-refractivity contribution in [1.82, 2.24) is 14.9 Å². The summed E-state index contributed by atoms with van der Waals surface area (Å²) < 4.78 is 17.7. The number of carbonyl (C=O) groups is 1. The van der Waals surface area contributed by atoms with Gasteiger partial charge in [0.05, 0.1) is 27.0 Å². The Morgan fingerprint density at radius 2 is 1.96 bits per heavy atom. The second-order valence-corrected chi connectivity index (χ2v) is 6.54. The first-order valence-corrected chi connectivity index (χ1v) is 8.87. The maximum atomic E-state index is 13.2. The normalized spacial score (nSPS) is 13.4. The van der Waals surface area contributed by atoms with Crippen LogP contribution in [0.5, 0.6) is 11.5 Å². The Balaban J connectivity index is 1.77. The molecule has 3 aromatic rings. The van der Waals surface area contributed by atoms with Gasteiger partial charge in [0.2, 0.25) is 11.0 Å². The second kappa shape index (κ2) is 6.75. The number of ether oxygens (including phenoxy) is 2. The molecule has 1 amide bonds. The van der Waals surface area contributed by atoms with Gasteiger partial charge in [0.15, 0.2) is 5.76 Å². The lowest BCUT2D eigenvalue weighted by atomic mass is 10.2. The summed E-state index contributed by atoms with van der Waals surface area (Å²) in [6.45, 7) is 0.516. The van der Waals surface area contributed by atoms with Gasteiger partial charge in [0, 0.05) is 17.4 Å². The number of fused-ring (bicyclic) bond motifs is 1. The molecule has 0 spiro atoms. The van der Waals surface area contributed by atoms with Crippen LogP contribution in [0.2, 0.25) is 0 Å². The zero-order valence-corrected chi connectivity index (χ0v) is 15.0. The van der Waals surface area contributed by atoms with E-state index in [9.17, 15) is 4.79 Å². The molecule has 8 nitrogen and oxygen atoms in total. The molecule has 0 N–H and O–H groups in total. The van der Waals surface area contributed by atoms with Crippen LogP contribution in [0.15, 0.2) is 46.2 Å². The van der Waals surface area contributed by atoms with Crippen LogP contribution in [0.3, 0.4) is 0 Å². The van der Waals surface area contributed by atoms with Crippen LogP contribution in [0.4, 0.5) is 0 Å². The van der Waals surface area contributed by atoms with Crippen molar-refractivity contribution < 1.29 is 18.7 Å². The van der Waals surface area contributed by atoms with Gasteiger partial charge >= 0.3 is 0 Å². The Labute approximate surface area is 153 Å². The highest BCUT2D eigenvalue weighted by Crippen LogP contribution is 2.30. The number of carbonyl (C=O) groups excluding carboxylic acids is 1. The summed E-state index contributed by atoms with van der Waals surface area (Å²) in [5.41, 5.74) is 0.457. The molecule has 1 aromatic carbocycles. The third-order valence-corrected chi connectivity index (χ3v) is 4.86. The Hall–Kier alpha value is -2.94. The number of methoxy groups -OCH3 is 2. The van der Waals surface area contributed by atoms with E-state index in [1.54, 1.807) is 72.3 Å². The lowest BCUT2D eigenvalue weighted by molar-refractivity contribution is 0.0956. The van der Waals surface area contributed by atoms with E-state index in [2.05, 4.69) is 10.2 Å². The number of nitrogens with zero attached hydrogens (tertiary/aromatic N) is 4. The van der Waals surface area contributed by atoms with E-state index in [0.29, 0.717) is 40.3 Å². The molecule has 2 aromatic heterocycles. The zero-order valence-electron chi connectivity index (χ0n) is 14.2. The number of amides is 1. The predicted molar refractivity (Wildman–Crippen MR) is 95.4 cm³/mol. The van der Waals surface area contributed by atoms with Crippen LogP contribution in [0.25, 0.3) is 11.6 Å². The highest BCUT2D eigenvalue weighted by atomic mass is 32.2. The number of aromatic nitrogens is 3. The number of rotatable bonds is 4. The minimum Gasteiger partial charge on any atom is -0.497 e. The molecule has 0 atom stereocenters. The summed E-state index contributed by atoms with van der Waals surface area (Å²) in [6, 6.07) is 8.65. The first-order chi connectivity index (χ1) is 12.7. The molecular weight excluding hydrogens is 356 g/mol. The average Bonchev–Trinajstić information content (AvgIpc) is 3.35. The van der Waals surface area contributed by atoms with Crippen molar-refractivity contribution >= 4 is 17.7 Å². The van der Waals surface area contributed by atoms with Gasteiger partial charge in [-0.05, 0) is 24.3 Å². The van der Waals surface area contributed by atoms with Crippen molar-refractivity contribution in [3.63, 3.8) is 0 Å². The molecule has 0 saturated heterocycles. The van der Waals surface area contributed by atoms with E-state index in [-0.39, 0.29) is 5.91 Å². The Morgan fingerprint density at radius 1 is 1.19 bits per heavy atom. The first kappa shape index (κ1) is 16.5. The molecule has 0 unspecified atom stereocenters. The SMILES string of the molecule is COc1cc(OC)cc(C(=O)N2CCSc3nnc(-c4ccco4)n32)c1. The molecular formula is C17H16N4O4S. The fourth-order valence-corrected chi connectivity index (χ4v) is 3.58. The van der Waals surface area contributed by atoms with Crippen molar-refractivity contribution in [2.45, 2.75) is 5.16 Å². The van der Waals surface area contributed by atoms with Gasteiger partial charge in [0.1, 0.15) is 11.5 Å². The molecule has 0 fully saturated rings. The molecule has 26 heavy (non-hydrogen) atoms. The minimum absolute atomic E-state index is 0.198. The van der Waals surface area contributed by atoms with E-state index in [1.807, 2.05) is 0 Å². The standard InChI is InChI=1S/C17H16N4O4S/c1-23-12-8-11(9-13(10-12)24-2)16(22)20-5-7-26-17-19-18-15(21(17)20)14-4-3-6-25-14/h3-4,6,8-10H,5,7H2,1-2H3. The summed E-state index contributed by atoms with van der Waals surface area (Å²) >= 11 is 1.54. The second-order valence-electron chi connectivity index (χ2n) is 5.47. The molecule has 1 aliphatic rings. The van der Waals surface area contributed by atoms with E-state index < -0.39 is 0 Å². The molecule has 9 heteroatoms. The predicted octanol–water partition coefficient (Wildman–Crippen LogP) is 2.44. The fourth-order valence-electron chi connectivity index (χ4n) is 2.73. The Kier molecular flexibility index (Phi) is 4.29. The van der Waals surface area contributed by atoms with Crippen molar-refractivity contribution in [1.29, 1.82) is 0 Å².